The number of fused-ring (bicyclic) bond motifs is 2. The first-order valence-corrected chi connectivity index (χ1v) is 7.36. The summed E-state index contributed by atoms with van der Waals surface area (Å²) in [6.45, 7) is -0.460. The number of carbonyl (C=O) groups is 1. The van der Waals surface area contributed by atoms with Gasteiger partial charge >= 0.3 is 0 Å². The van der Waals surface area contributed by atoms with Crippen molar-refractivity contribution in [2.75, 3.05) is 38.0 Å². The molecule has 3 N–H and O–H groups in total. The van der Waals surface area contributed by atoms with Gasteiger partial charge in [0.25, 0.3) is 5.91 Å². The largest absolute Gasteiger partial charge is 0.494 e. The van der Waals surface area contributed by atoms with Crippen LogP contribution in [0.15, 0.2) is 24.4 Å². The third-order valence-electron chi connectivity index (χ3n) is 3.56. The predicted octanol–water partition coefficient (Wildman–Crippen LogP) is 2.68. The van der Waals surface area contributed by atoms with E-state index in [-0.39, 0.29) is 12.5 Å². The molecule has 126 valence electrons. The van der Waals surface area contributed by atoms with Gasteiger partial charge in [0.2, 0.25) is 0 Å². The zero-order chi connectivity index (χ0) is 17.1. The molecule has 1 aliphatic heterocycles. The molecule has 0 spiro atoms. The van der Waals surface area contributed by atoms with Gasteiger partial charge in [-0.05, 0) is 12.1 Å². The van der Waals surface area contributed by atoms with Gasteiger partial charge in [0.05, 0.1) is 12.7 Å². The molecule has 0 aliphatic carbocycles. The van der Waals surface area contributed by atoms with Crippen molar-refractivity contribution in [3.05, 3.63) is 30.0 Å². The number of hydrogen-bond acceptors (Lipinski definition) is 6. The molecule has 0 fully saturated rings. The van der Waals surface area contributed by atoms with Crippen molar-refractivity contribution in [3.63, 3.8) is 0 Å². The Hall–Kier alpha value is -3.03. The minimum Gasteiger partial charge on any atom is -0.494 e. The first-order valence-electron chi connectivity index (χ1n) is 7.36. The van der Waals surface area contributed by atoms with Crippen LogP contribution in [0.1, 0.15) is 10.4 Å². The number of alkyl halides is 1. The van der Waals surface area contributed by atoms with Gasteiger partial charge in [0, 0.05) is 19.8 Å². The van der Waals surface area contributed by atoms with Gasteiger partial charge in [0.15, 0.2) is 17.3 Å². The molecule has 0 atom stereocenters. The van der Waals surface area contributed by atoms with Crippen LogP contribution < -0.4 is 25.4 Å². The molecule has 0 unspecified atom stereocenters. The topological polar surface area (TPSA) is 84.5 Å². The Morgan fingerprint density at radius 3 is 2.96 bits per heavy atom. The number of nitrogens with zero attached hydrogens (tertiary/aromatic N) is 1. The number of carbonyl (C=O) groups excluding carboxylic acids is 1. The molecule has 7 nitrogen and oxygen atoms in total. The van der Waals surface area contributed by atoms with Crippen LogP contribution in [-0.4, -0.2) is 38.3 Å². The zero-order valence-corrected chi connectivity index (χ0v) is 13.3. The molecule has 1 amide bonds. The van der Waals surface area contributed by atoms with Crippen LogP contribution in [0.5, 0.6) is 17.2 Å². The minimum absolute atomic E-state index is 0.0904. The monoisotopic (exact) mass is 332 g/mol. The first kappa shape index (κ1) is 15.9. The van der Waals surface area contributed by atoms with Crippen molar-refractivity contribution >= 4 is 23.1 Å². The van der Waals surface area contributed by atoms with E-state index < -0.39 is 6.67 Å². The summed E-state index contributed by atoms with van der Waals surface area (Å²) in [5, 5.41) is 8.59. The summed E-state index contributed by atoms with van der Waals surface area (Å²) < 4.78 is 23.7. The number of pyridine rings is 1. The Balaban J connectivity index is 2.12. The van der Waals surface area contributed by atoms with Crippen molar-refractivity contribution in [1.29, 1.82) is 0 Å². The smallest absolute Gasteiger partial charge is 0.254 e. The molecule has 1 aliphatic rings. The van der Waals surface area contributed by atoms with Crippen molar-refractivity contribution in [2.45, 2.75) is 0 Å². The van der Waals surface area contributed by atoms with Crippen LogP contribution in [0.25, 0.3) is 0 Å². The summed E-state index contributed by atoms with van der Waals surface area (Å²) in [7, 11) is 3.08. The first-order chi connectivity index (χ1) is 11.7. The Labute approximate surface area is 138 Å². The molecule has 1 aromatic carbocycles. The second-order valence-electron chi connectivity index (χ2n) is 4.98. The second kappa shape index (κ2) is 6.61. The van der Waals surface area contributed by atoms with E-state index in [4.69, 9.17) is 9.47 Å². The number of hydrogen-bond donors (Lipinski definition) is 3. The molecule has 3 rings (SSSR count). The fourth-order valence-electron chi connectivity index (χ4n) is 2.44. The van der Waals surface area contributed by atoms with Crippen molar-refractivity contribution in [2.24, 2.45) is 0 Å². The normalized spacial score (nSPS) is 11.5. The Bertz CT molecular complexity index is 782. The number of ether oxygens (including phenoxy) is 2. The van der Waals surface area contributed by atoms with E-state index in [9.17, 15) is 9.18 Å². The quantitative estimate of drug-likeness (QED) is 0.666. The zero-order valence-electron chi connectivity index (χ0n) is 13.3. The summed E-state index contributed by atoms with van der Waals surface area (Å²) >= 11 is 0. The van der Waals surface area contributed by atoms with Crippen LogP contribution in [0, 0.1) is 0 Å². The number of anilines is 3. The highest BCUT2D eigenvalue weighted by Gasteiger charge is 2.27. The Morgan fingerprint density at radius 1 is 1.42 bits per heavy atom. The van der Waals surface area contributed by atoms with Crippen molar-refractivity contribution in [3.8, 4) is 17.2 Å². The summed E-state index contributed by atoms with van der Waals surface area (Å²) in [5.41, 5.74) is 1.37. The number of halogens is 1. The number of amides is 1. The van der Waals surface area contributed by atoms with Crippen molar-refractivity contribution in [1.82, 2.24) is 10.3 Å². The van der Waals surface area contributed by atoms with Gasteiger partial charge in [-0.2, -0.15) is 0 Å². The van der Waals surface area contributed by atoms with E-state index in [0.717, 1.165) is 0 Å². The molecule has 1 aromatic heterocycles. The second-order valence-corrected chi connectivity index (χ2v) is 4.98. The summed E-state index contributed by atoms with van der Waals surface area (Å²) in [6, 6.07) is 5.33. The lowest BCUT2D eigenvalue weighted by atomic mass is 10.1. The lowest BCUT2D eigenvalue weighted by Crippen LogP contribution is -2.21. The van der Waals surface area contributed by atoms with Gasteiger partial charge in [-0.1, -0.05) is 6.07 Å². The number of methoxy groups -OCH3 is 1. The van der Waals surface area contributed by atoms with Crippen LogP contribution in [-0.2, 0) is 0 Å². The molecule has 8 heteroatoms. The maximum absolute atomic E-state index is 12.5. The molecule has 0 saturated heterocycles. The van der Waals surface area contributed by atoms with Crippen LogP contribution in [0.2, 0.25) is 0 Å². The molecule has 2 aromatic rings. The fraction of sp³-hybridized carbons (Fsp3) is 0.250. The van der Waals surface area contributed by atoms with E-state index in [1.165, 1.54) is 13.2 Å². The molecule has 0 bridgehead atoms. The highest BCUT2D eigenvalue weighted by molar-refractivity contribution is 6.03. The van der Waals surface area contributed by atoms with E-state index in [2.05, 4.69) is 20.9 Å². The number of para-hydroxylation sites is 1. The molecule has 2 heterocycles. The highest BCUT2D eigenvalue weighted by Crippen LogP contribution is 2.49. The van der Waals surface area contributed by atoms with Gasteiger partial charge in [-0.25, -0.2) is 9.37 Å². The predicted molar refractivity (Wildman–Crippen MR) is 88.4 cm³/mol. The number of aromatic nitrogens is 1. The Kier molecular flexibility index (Phi) is 4.37. The maximum atomic E-state index is 12.5. The summed E-state index contributed by atoms with van der Waals surface area (Å²) in [6.07, 6.45) is 1.41. The lowest BCUT2D eigenvalue weighted by molar-refractivity contribution is 0.0963. The molecule has 0 radical (unpaired) electrons. The van der Waals surface area contributed by atoms with Gasteiger partial charge < -0.3 is 25.4 Å². The average molecular weight is 332 g/mol. The molecule has 0 saturated carbocycles. The summed E-state index contributed by atoms with van der Waals surface area (Å²) in [5.74, 6) is 1.49. The maximum Gasteiger partial charge on any atom is 0.254 e. The van der Waals surface area contributed by atoms with Crippen LogP contribution in [0.3, 0.4) is 0 Å². The standard InChI is InChI=1S/C16H17FN4O3/c1-18-16(22)9-8-20-15(19-7-6-17)14-12(9)21-13-10(23-2)4-3-5-11(13)24-14/h3-5,8,21H,6-7H2,1-2H3,(H,18,22)(H,19,20). The van der Waals surface area contributed by atoms with Crippen molar-refractivity contribution < 1.29 is 18.7 Å². The average Bonchev–Trinajstić information content (AvgIpc) is 2.63. The lowest BCUT2D eigenvalue weighted by Gasteiger charge is -2.26. The third-order valence-corrected chi connectivity index (χ3v) is 3.56. The molecule has 24 heavy (non-hydrogen) atoms. The van der Waals surface area contributed by atoms with Gasteiger partial charge in [-0.15, -0.1) is 0 Å². The van der Waals surface area contributed by atoms with Gasteiger partial charge in [0.1, 0.15) is 23.8 Å². The van der Waals surface area contributed by atoms with Crippen LogP contribution >= 0.6 is 0 Å². The molecular weight excluding hydrogens is 315 g/mol. The number of rotatable bonds is 5. The van der Waals surface area contributed by atoms with E-state index >= 15 is 0 Å². The van der Waals surface area contributed by atoms with E-state index in [1.54, 1.807) is 25.3 Å². The molecular formula is C16H17FN4O3. The van der Waals surface area contributed by atoms with Gasteiger partial charge in [-0.3, -0.25) is 4.79 Å². The SMILES string of the molecule is CNC(=O)c1cnc(NCCF)c2c1Nc1c(OC)cccc1O2. The van der Waals surface area contributed by atoms with E-state index in [0.29, 0.717) is 40.0 Å². The minimum atomic E-state index is -0.550. The third kappa shape index (κ3) is 2.66. The number of benzene rings is 1. The number of nitrogens with one attached hydrogen (secondary N) is 3. The van der Waals surface area contributed by atoms with Crippen LogP contribution in [0.4, 0.5) is 21.6 Å². The summed E-state index contributed by atoms with van der Waals surface area (Å²) in [4.78, 5) is 16.3. The highest BCUT2D eigenvalue weighted by atomic mass is 19.1. The fourth-order valence-corrected chi connectivity index (χ4v) is 2.44. The van der Waals surface area contributed by atoms with E-state index in [1.807, 2.05) is 0 Å². The Morgan fingerprint density at radius 2 is 2.25 bits per heavy atom.